The molecule has 1 aromatic heterocycles. The number of phenolic OH excluding ortho intramolecular Hbond substituents is 1. The van der Waals surface area contributed by atoms with Gasteiger partial charge in [0.2, 0.25) is 0 Å². The molecule has 5 nitrogen and oxygen atoms in total. The predicted octanol–water partition coefficient (Wildman–Crippen LogP) is 4.10. The summed E-state index contributed by atoms with van der Waals surface area (Å²) < 4.78 is 1.96. The van der Waals surface area contributed by atoms with Crippen molar-refractivity contribution in [2.45, 2.75) is 0 Å². The Morgan fingerprint density at radius 1 is 0.926 bits per heavy atom. The van der Waals surface area contributed by atoms with Crippen molar-refractivity contribution in [3.05, 3.63) is 96.3 Å². The Balaban J connectivity index is 1.54. The number of hydrogen-bond acceptors (Lipinski definition) is 3. The number of rotatable bonds is 4. The molecule has 0 saturated carbocycles. The zero-order valence-corrected chi connectivity index (χ0v) is 14.4. The minimum Gasteiger partial charge on any atom is -0.507 e. The Labute approximate surface area is 156 Å². The molecule has 2 N–H and O–H groups in total. The third-order valence-corrected chi connectivity index (χ3v) is 4.29. The van der Waals surface area contributed by atoms with E-state index in [4.69, 9.17) is 0 Å². The van der Waals surface area contributed by atoms with E-state index in [9.17, 15) is 9.90 Å². The number of nitrogens with zero attached hydrogens (tertiary/aromatic N) is 2. The van der Waals surface area contributed by atoms with Gasteiger partial charge in [0.05, 0.1) is 17.5 Å². The van der Waals surface area contributed by atoms with E-state index in [0.29, 0.717) is 0 Å². The van der Waals surface area contributed by atoms with Gasteiger partial charge in [0.1, 0.15) is 5.75 Å². The summed E-state index contributed by atoms with van der Waals surface area (Å²) in [6.07, 6.45) is 3.50. The van der Waals surface area contributed by atoms with Crippen LogP contribution in [0, 0.1) is 0 Å². The molecule has 0 atom stereocenters. The number of hydrogen-bond donors (Lipinski definition) is 2. The van der Waals surface area contributed by atoms with Crippen molar-refractivity contribution in [1.82, 2.24) is 9.99 Å². The number of fused-ring (bicyclic) bond motifs is 1. The Hall–Kier alpha value is -3.86. The molecule has 0 saturated heterocycles. The Bertz CT molecular complexity index is 1130. The van der Waals surface area contributed by atoms with E-state index in [0.717, 1.165) is 22.2 Å². The summed E-state index contributed by atoms with van der Waals surface area (Å²) in [7, 11) is 0. The number of phenols is 1. The van der Waals surface area contributed by atoms with Gasteiger partial charge in [-0.2, -0.15) is 5.10 Å². The zero-order chi connectivity index (χ0) is 18.6. The van der Waals surface area contributed by atoms with E-state index in [1.807, 2.05) is 77.5 Å². The fraction of sp³-hybridized carbons (Fsp3) is 0. The van der Waals surface area contributed by atoms with Crippen molar-refractivity contribution in [2.24, 2.45) is 5.10 Å². The highest BCUT2D eigenvalue weighted by atomic mass is 16.3. The quantitative estimate of drug-likeness (QED) is 0.427. The fourth-order valence-corrected chi connectivity index (χ4v) is 2.95. The summed E-state index contributed by atoms with van der Waals surface area (Å²) in [6.45, 7) is 0. The molecule has 5 heteroatoms. The molecule has 0 unspecified atom stereocenters. The Morgan fingerprint density at radius 3 is 2.41 bits per heavy atom. The van der Waals surface area contributed by atoms with E-state index in [2.05, 4.69) is 10.5 Å². The number of carbonyl (C=O) groups is 1. The van der Waals surface area contributed by atoms with Crippen LogP contribution in [0.5, 0.6) is 5.75 Å². The van der Waals surface area contributed by atoms with Crippen LogP contribution in [0.1, 0.15) is 16.1 Å². The number of hydrazone groups is 1. The minimum atomic E-state index is -0.465. The van der Waals surface area contributed by atoms with Crippen molar-refractivity contribution in [3.63, 3.8) is 0 Å². The molecule has 0 radical (unpaired) electrons. The molecule has 0 bridgehead atoms. The van der Waals surface area contributed by atoms with Gasteiger partial charge in [0.25, 0.3) is 5.91 Å². The zero-order valence-electron chi connectivity index (χ0n) is 14.4. The van der Waals surface area contributed by atoms with Gasteiger partial charge < -0.3 is 9.67 Å². The lowest BCUT2D eigenvalue weighted by Gasteiger charge is -2.07. The summed E-state index contributed by atoms with van der Waals surface area (Å²) in [5.74, 6) is -0.540. The molecule has 0 fully saturated rings. The number of aromatic hydroxyl groups is 1. The smallest absolute Gasteiger partial charge is 0.275 e. The fourth-order valence-electron chi connectivity index (χ4n) is 2.95. The van der Waals surface area contributed by atoms with Crippen LogP contribution in [0.3, 0.4) is 0 Å². The Morgan fingerprint density at radius 2 is 1.63 bits per heavy atom. The molecule has 4 aromatic rings. The molecule has 3 aromatic carbocycles. The maximum atomic E-state index is 12.4. The molecule has 0 aliphatic carbocycles. The van der Waals surface area contributed by atoms with Gasteiger partial charge in [0.15, 0.2) is 0 Å². The van der Waals surface area contributed by atoms with Gasteiger partial charge in [0, 0.05) is 11.9 Å². The van der Waals surface area contributed by atoms with Gasteiger partial charge in [-0.05, 0) is 47.2 Å². The third kappa shape index (κ3) is 3.43. The second kappa shape index (κ2) is 7.17. The van der Waals surface area contributed by atoms with E-state index >= 15 is 0 Å². The molecule has 0 spiro atoms. The first kappa shape index (κ1) is 16.6. The minimum absolute atomic E-state index is 0.0749. The molecule has 0 aliphatic rings. The lowest BCUT2D eigenvalue weighted by molar-refractivity contribution is 0.0952. The molecule has 1 heterocycles. The van der Waals surface area contributed by atoms with Gasteiger partial charge in [-0.25, -0.2) is 5.43 Å². The molecule has 1 amide bonds. The molecule has 4 rings (SSSR count). The molecule has 0 aliphatic heterocycles. The van der Waals surface area contributed by atoms with Gasteiger partial charge in [-0.1, -0.05) is 42.5 Å². The van der Waals surface area contributed by atoms with Crippen molar-refractivity contribution >= 4 is 22.9 Å². The van der Waals surface area contributed by atoms with Crippen LogP contribution in [0.25, 0.3) is 16.5 Å². The monoisotopic (exact) mass is 355 g/mol. The van der Waals surface area contributed by atoms with Crippen LogP contribution in [0.2, 0.25) is 0 Å². The molecule has 27 heavy (non-hydrogen) atoms. The van der Waals surface area contributed by atoms with Crippen molar-refractivity contribution < 1.29 is 9.90 Å². The van der Waals surface area contributed by atoms with Crippen molar-refractivity contribution in [3.8, 4) is 11.4 Å². The van der Waals surface area contributed by atoms with E-state index in [1.54, 1.807) is 18.3 Å². The third-order valence-electron chi connectivity index (χ3n) is 4.29. The van der Waals surface area contributed by atoms with Crippen molar-refractivity contribution in [2.75, 3.05) is 0 Å². The van der Waals surface area contributed by atoms with Gasteiger partial charge in [-0.15, -0.1) is 0 Å². The van der Waals surface area contributed by atoms with Crippen LogP contribution < -0.4 is 5.43 Å². The number of carbonyl (C=O) groups excluding carboxylic acids is 1. The topological polar surface area (TPSA) is 66.6 Å². The maximum absolute atomic E-state index is 12.4. The molecule has 132 valence electrons. The number of aromatic nitrogens is 1. The van der Waals surface area contributed by atoms with Gasteiger partial charge in [-0.3, -0.25) is 4.79 Å². The first-order valence-corrected chi connectivity index (χ1v) is 8.50. The summed E-state index contributed by atoms with van der Waals surface area (Å²) in [5, 5.41) is 15.9. The van der Waals surface area contributed by atoms with Crippen LogP contribution in [-0.2, 0) is 0 Å². The average Bonchev–Trinajstić information content (AvgIpc) is 3.16. The average molecular weight is 355 g/mol. The summed E-state index contributed by atoms with van der Waals surface area (Å²) >= 11 is 0. The van der Waals surface area contributed by atoms with Crippen LogP contribution in [-0.4, -0.2) is 21.8 Å². The normalized spacial score (nSPS) is 11.1. The summed E-state index contributed by atoms with van der Waals surface area (Å²) in [5.41, 5.74) is 4.49. The number of benzene rings is 3. The lowest BCUT2D eigenvalue weighted by atomic mass is 10.1. The van der Waals surface area contributed by atoms with Crippen LogP contribution in [0.4, 0.5) is 0 Å². The largest absolute Gasteiger partial charge is 0.507 e. The van der Waals surface area contributed by atoms with Crippen molar-refractivity contribution in [1.29, 1.82) is 0 Å². The standard InChI is InChI=1S/C22H17N3O2/c26-21-14-17-8-5-4-7-16(17)13-20(21)22(27)24-23-15-19-11-6-12-25(19)18-9-2-1-3-10-18/h1-15,26H,(H,24,27). The maximum Gasteiger partial charge on any atom is 0.275 e. The number of para-hydroxylation sites is 1. The second-order valence-electron chi connectivity index (χ2n) is 6.05. The number of amides is 1. The van der Waals surface area contributed by atoms with E-state index < -0.39 is 5.91 Å². The highest BCUT2D eigenvalue weighted by Gasteiger charge is 2.11. The highest BCUT2D eigenvalue weighted by molar-refractivity contribution is 6.01. The van der Waals surface area contributed by atoms with E-state index in [-0.39, 0.29) is 11.3 Å². The van der Waals surface area contributed by atoms with Crippen LogP contribution in [0.15, 0.2) is 90.2 Å². The summed E-state index contributed by atoms with van der Waals surface area (Å²) in [6, 6.07) is 24.4. The van der Waals surface area contributed by atoms with Crippen LogP contribution >= 0.6 is 0 Å². The summed E-state index contributed by atoms with van der Waals surface area (Å²) in [4.78, 5) is 12.4. The molecular formula is C22H17N3O2. The SMILES string of the molecule is O=C(NN=Cc1cccn1-c1ccccc1)c1cc2ccccc2cc1O. The predicted molar refractivity (Wildman–Crippen MR) is 106 cm³/mol. The van der Waals surface area contributed by atoms with E-state index in [1.165, 1.54) is 0 Å². The Kier molecular flexibility index (Phi) is 4.41. The molecular weight excluding hydrogens is 338 g/mol. The lowest BCUT2D eigenvalue weighted by Crippen LogP contribution is -2.18. The highest BCUT2D eigenvalue weighted by Crippen LogP contribution is 2.24. The van der Waals surface area contributed by atoms with Gasteiger partial charge >= 0.3 is 0 Å². The first-order valence-electron chi connectivity index (χ1n) is 8.50. The second-order valence-corrected chi connectivity index (χ2v) is 6.05. The number of nitrogens with one attached hydrogen (secondary N) is 1. The first-order chi connectivity index (χ1) is 13.2.